The molecule has 1 N–H and O–H groups in total. The molecule has 4 heteroatoms. The normalized spacial score (nSPS) is 12.6. The predicted octanol–water partition coefficient (Wildman–Crippen LogP) is 2.42. The van der Waals surface area contributed by atoms with E-state index in [4.69, 9.17) is 5.11 Å². The summed E-state index contributed by atoms with van der Waals surface area (Å²) in [7, 11) is 5.54. The van der Waals surface area contributed by atoms with E-state index in [0.717, 1.165) is 5.56 Å². The number of hydrogen-bond donors (Lipinski definition) is 1. The van der Waals surface area contributed by atoms with Crippen molar-refractivity contribution in [1.82, 2.24) is 4.90 Å². The van der Waals surface area contributed by atoms with Crippen molar-refractivity contribution in [2.24, 2.45) is 0 Å². The molecule has 0 heterocycles. The van der Waals surface area contributed by atoms with Crippen molar-refractivity contribution in [2.45, 2.75) is 13.0 Å². The first-order chi connectivity index (χ1) is 7.43. The Kier molecular flexibility index (Phi) is 3.90. The SMILES string of the molecule is CC(c1cccc(N(C)C(=O)O)c1)N(C)C. The first kappa shape index (κ1) is 12.5. The van der Waals surface area contributed by atoms with Crippen LogP contribution in [-0.4, -0.2) is 37.2 Å². The lowest BCUT2D eigenvalue weighted by Crippen LogP contribution is -2.24. The molecule has 1 rings (SSSR count). The highest BCUT2D eigenvalue weighted by Crippen LogP contribution is 2.22. The van der Waals surface area contributed by atoms with Crippen molar-refractivity contribution in [3.8, 4) is 0 Å². The van der Waals surface area contributed by atoms with Gasteiger partial charge in [0.05, 0.1) is 0 Å². The van der Waals surface area contributed by atoms with E-state index in [1.807, 2.05) is 32.3 Å². The molecule has 0 aliphatic heterocycles. The van der Waals surface area contributed by atoms with E-state index in [1.165, 1.54) is 4.90 Å². The van der Waals surface area contributed by atoms with Crippen molar-refractivity contribution >= 4 is 11.8 Å². The molecule has 1 aromatic carbocycles. The zero-order valence-electron chi connectivity index (χ0n) is 10.1. The van der Waals surface area contributed by atoms with Crippen LogP contribution in [-0.2, 0) is 0 Å². The van der Waals surface area contributed by atoms with Crippen LogP contribution in [0.2, 0.25) is 0 Å². The van der Waals surface area contributed by atoms with Crippen LogP contribution in [0.25, 0.3) is 0 Å². The lowest BCUT2D eigenvalue weighted by Gasteiger charge is -2.22. The first-order valence-corrected chi connectivity index (χ1v) is 5.16. The van der Waals surface area contributed by atoms with Crippen molar-refractivity contribution in [2.75, 3.05) is 26.0 Å². The lowest BCUT2D eigenvalue weighted by molar-refractivity contribution is 0.203. The van der Waals surface area contributed by atoms with Crippen LogP contribution >= 0.6 is 0 Å². The molecule has 0 bridgehead atoms. The minimum absolute atomic E-state index is 0.266. The lowest BCUT2D eigenvalue weighted by atomic mass is 10.1. The molecule has 0 spiro atoms. The van der Waals surface area contributed by atoms with Crippen LogP contribution in [0.1, 0.15) is 18.5 Å². The molecule has 1 atom stereocenters. The third-order valence-corrected chi connectivity index (χ3v) is 2.80. The summed E-state index contributed by atoms with van der Waals surface area (Å²) in [5.74, 6) is 0. The summed E-state index contributed by atoms with van der Waals surface area (Å²) in [5.41, 5.74) is 1.80. The minimum Gasteiger partial charge on any atom is -0.465 e. The molecule has 88 valence electrons. The molecule has 0 radical (unpaired) electrons. The predicted molar refractivity (Wildman–Crippen MR) is 65.0 cm³/mol. The van der Waals surface area contributed by atoms with E-state index in [0.29, 0.717) is 5.69 Å². The number of nitrogens with zero attached hydrogens (tertiary/aromatic N) is 2. The minimum atomic E-state index is -0.949. The molecular weight excluding hydrogens is 204 g/mol. The highest BCUT2D eigenvalue weighted by Gasteiger charge is 2.12. The number of carboxylic acid groups (broad SMARTS) is 1. The standard InChI is InChI=1S/C12H18N2O2/c1-9(13(2)3)10-6-5-7-11(8-10)14(4)12(15)16/h5-9H,1-4H3,(H,15,16). The summed E-state index contributed by atoms with van der Waals surface area (Å²) in [6.07, 6.45) is -0.949. The molecule has 1 amide bonds. The van der Waals surface area contributed by atoms with Gasteiger partial charge in [-0.2, -0.15) is 0 Å². The Balaban J connectivity index is 2.99. The fourth-order valence-corrected chi connectivity index (χ4v) is 1.40. The second kappa shape index (κ2) is 4.99. The summed E-state index contributed by atoms with van der Waals surface area (Å²) < 4.78 is 0. The largest absolute Gasteiger partial charge is 0.465 e. The maximum Gasteiger partial charge on any atom is 0.411 e. The zero-order chi connectivity index (χ0) is 12.3. The molecule has 0 saturated carbocycles. The van der Waals surface area contributed by atoms with Crippen LogP contribution in [0.5, 0.6) is 0 Å². The smallest absolute Gasteiger partial charge is 0.411 e. The molecular formula is C12H18N2O2. The Bertz CT molecular complexity index is 377. The van der Waals surface area contributed by atoms with E-state index in [9.17, 15) is 4.79 Å². The number of benzene rings is 1. The average molecular weight is 222 g/mol. The van der Waals surface area contributed by atoms with Gasteiger partial charge in [-0.1, -0.05) is 12.1 Å². The Morgan fingerprint density at radius 3 is 2.44 bits per heavy atom. The van der Waals surface area contributed by atoms with Crippen molar-refractivity contribution in [3.05, 3.63) is 29.8 Å². The second-order valence-electron chi connectivity index (χ2n) is 4.08. The number of rotatable bonds is 3. The van der Waals surface area contributed by atoms with Gasteiger partial charge in [-0.3, -0.25) is 4.90 Å². The maximum atomic E-state index is 10.8. The summed E-state index contributed by atoms with van der Waals surface area (Å²) >= 11 is 0. The van der Waals surface area contributed by atoms with Gasteiger partial charge in [0.25, 0.3) is 0 Å². The zero-order valence-corrected chi connectivity index (χ0v) is 10.1. The van der Waals surface area contributed by atoms with Crippen LogP contribution in [0.15, 0.2) is 24.3 Å². The molecule has 0 aromatic heterocycles. The van der Waals surface area contributed by atoms with Gasteiger partial charge in [-0.15, -0.1) is 0 Å². The summed E-state index contributed by atoms with van der Waals surface area (Å²) in [6.45, 7) is 2.08. The van der Waals surface area contributed by atoms with Gasteiger partial charge in [0.15, 0.2) is 0 Å². The van der Waals surface area contributed by atoms with Crippen LogP contribution in [0, 0.1) is 0 Å². The van der Waals surface area contributed by atoms with Crippen molar-refractivity contribution in [1.29, 1.82) is 0 Å². The molecule has 1 unspecified atom stereocenters. The monoisotopic (exact) mass is 222 g/mol. The molecule has 4 nitrogen and oxygen atoms in total. The summed E-state index contributed by atoms with van der Waals surface area (Å²) in [4.78, 5) is 14.1. The third-order valence-electron chi connectivity index (χ3n) is 2.80. The Morgan fingerprint density at radius 2 is 1.94 bits per heavy atom. The summed E-state index contributed by atoms with van der Waals surface area (Å²) in [5, 5.41) is 8.89. The van der Waals surface area contributed by atoms with Crippen LogP contribution in [0.4, 0.5) is 10.5 Å². The number of carbonyl (C=O) groups is 1. The topological polar surface area (TPSA) is 43.8 Å². The van der Waals surface area contributed by atoms with Crippen molar-refractivity contribution in [3.63, 3.8) is 0 Å². The molecule has 16 heavy (non-hydrogen) atoms. The Labute approximate surface area is 96.1 Å². The number of anilines is 1. The highest BCUT2D eigenvalue weighted by atomic mass is 16.4. The maximum absolute atomic E-state index is 10.8. The van der Waals surface area contributed by atoms with Gasteiger partial charge in [-0.05, 0) is 38.7 Å². The van der Waals surface area contributed by atoms with E-state index >= 15 is 0 Å². The van der Waals surface area contributed by atoms with Gasteiger partial charge in [0.2, 0.25) is 0 Å². The highest BCUT2D eigenvalue weighted by molar-refractivity contribution is 5.85. The number of hydrogen-bond acceptors (Lipinski definition) is 2. The van der Waals surface area contributed by atoms with Gasteiger partial charge < -0.3 is 10.0 Å². The van der Waals surface area contributed by atoms with Crippen LogP contribution in [0.3, 0.4) is 0 Å². The van der Waals surface area contributed by atoms with Crippen molar-refractivity contribution < 1.29 is 9.90 Å². The second-order valence-corrected chi connectivity index (χ2v) is 4.08. The molecule has 0 saturated heterocycles. The quantitative estimate of drug-likeness (QED) is 0.854. The molecule has 0 aliphatic rings. The fourth-order valence-electron chi connectivity index (χ4n) is 1.40. The number of amides is 1. The Morgan fingerprint density at radius 1 is 1.31 bits per heavy atom. The summed E-state index contributed by atoms with van der Waals surface area (Å²) in [6, 6.07) is 7.84. The van der Waals surface area contributed by atoms with E-state index < -0.39 is 6.09 Å². The van der Waals surface area contributed by atoms with E-state index in [1.54, 1.807) is 13.1 Å². The fraction of sp³-hybridized carbons (Fsp3) is 0.417. The molecule has 0 aliphatic carbocycles. The van der Waals surface area contributed by atoms with E-state index in [-0.39, 0.29) is 6.04 Å². The van der Waals surface area contributed by atoms with E-state index in [2.05, 4.69) is 11.8 Å². The molecule has 1 aromatic rings. The van der Waals surface area contributed by atoms with Gasteiger partial charge in [0.1, 0.15) is 0 Å². The van der Waals surface area contributed by atoms with Gasteiger partial charge >= 0.3 is 6.09 Å². The van der Waals surface area contributed by atoms with Gasteiger partial charge in [0, 0.05) is 18.8 Å². The first-order valence-electron chi connectivity index (χ1n) is 5.16. The third kappa shape index (κ3) is 2.73. The van der Waals surface area contributed by atoms with Crippen LogP contribution < -0.4 is 4.90 Å². The average Bonchev–Trinajstić information content (AvgIpc) is 2.26. The Hall–Kier alpha value is -1.55. The van der Waals surface area contributed by atoms with Gasteiger partial charge in [-0.25, -0.2) is 4.79 Å². The molecule has 0 fully saturated rings.